The molecule has 0 heterocycles. The van der Waals surface area contributed by atoms with Crippen LogP contribution in [0.2, 0.25) is 0 Å². The second-order valence-corrected chi connectivity index (χ2v) is 6.27. The minimum Gasteiger partial charge on any atom is -0.488 e. The lowest BCUT2D eigenvalue weighted by Crippen LogP contribution is -2.22. The molecule has 0 unspecified atom stereocenters. The van der Waals surface area contributed by atoms with Crippen molar-refractivity contribution in [3.8, 4) is 5.75 Å². The molecule has 0 radical (unpaired) electrons. The monoisotopic (exact) mass is 297 g/mol. The van der Waals surface area contributed by atoms with E-state index in [4.69, 9.17) is 4.74 Å². The van der Waals surface area contributed by atoms with Crippen LogP contribution in [0.25, 0.3) is 0 Å². The molecule has 0 aromatic heterocycles. The van der Waals surface area contributed by atoms with Crippen molar-refractivity contribution in [2.45, 2.75) is 39.2 Å². The molecule has 0 spiro atoms. The van der Waals surface area contributed by atoms with Gasteiger partial charge in [0.15, 0.2) is 0 Å². The van der Waals surface area contributed by atoms with Gasteiger partial charge in [0, 0.05) is 12.1 Å². The molecule has 0 saturated heterocycles. The third-order valence-electron chi connectivity index (χ3n) is 3.05. The second kappa shape index (κ2) is 7.12. The van der Waals surface area contributed by atoms with E-state index in [0.29, 0.717) is 12.8 Å². The number of nitrogens with one attached hydrogen (secondary N) is 1. The molecule has 0 fully saturated rings. The quantitative estimate of drug-likeness (QED) is 0.886. The summed E-state index contributed by atoms with van der Waals surface area (Å²) in [4.78, 5) is 11.9. The zero-order valence-corrected chi connectivity index (χ0v) is 13.4. The molecule has 0 aliphatic heterocycles. The summed E-state index contributed by atoms with van der Waals surface area (Å²) in [6, 6.07) is 17.4. The molecule has 3 heteroatoms. The summed E-state index contributed by atoms with van der Waals surface area (Å²) in [5.41, 5.74) is 1.77. The number of carbonyl (C=O) groups is 1. The summed E-state index contributed by atoms with van der Waals surface area (Å²) in [6.45, 7) is 6.07. The Morgan fingerprint density at radius 2 is 1.64 bits per heavy atom. The van der Waals surface area contributed by atoms with Crippen molar-refractivity contribution in [1.29, 1.82) is 0 Å². The van der Waals surface area contributed by atoms with Crippen molar-refractivity contribution in [3.05, 3.63) is 60.2 Å². The van der Waals surface area contributed by atoms with E-state index < -0.39 is 0 Å². The van der Waals surface area contributed by atoms with Gasteiger partial charge in [0.05, 0.1) is 0 Å². The highest BCUT2D eigenvalue weighted by Gasteiger charge is 2.11. The minimum absolute atomic E-state index is 0.0289. The van der Waals surface area contributed by atoms with Crippen LogP contribution >= 0.6 is 0 Å². The first-order valence-corrected chi connectivity index (χ1v) is 7.55. The fourth-order valence-corrected chi connectivity index (χ4v) is 2.08. The van der Waals surface area contributed by atoms with Crippen LogP contribution in [0.5, 0.6) is 5.75 Å². The molecule has 22 heavy (non-hydrogen) atoms. The van der Waals surface area contributed by atoms with E-state index in [9.17, 15) is 4.79 Å². The highest BCUT2D eigenvalue weighted by atomic mass is 16.5. The van der Waals surface area contributed by atoms with Crippen LogP contribution in [0, 0.1) is 0 Å². The van der Waals surface area contributed by atoms with Gasteiger partial charge in [-0.05, 0) is 57.0 Å². The van der Waals surface area contributed by atoms with E-state index in [1.807, 2.05) is 75.4 Å². The Labute approximate surface area is 132 Å². The molecule has 0 bridgehead atoms. The molecule has 0 aliphatic rings. The Balaban J connectivity index is 1.83. The van der Waals surface area contributed by atoms with Gasteiger partial charge in [-0.25, -0.2) is 0 Å². The number of benzene rings is 2. The number of para-hydroxylation sites is 1. The van der Waals surface area contributed by atoms with E-state index >= 15 is 0 Å². The normalized spacial score (nSPS) is 11.0. The molecular formula is C19H23NO2. The second-order valence-electron chi connectivity index (χ2n) is 6.27. The van der Waals surface area contributed by atoms with Crippen LogP contribution in [-0.4, -0.2) is 11.5 Å². The smallest absolute Gasteiger partial charge is 0.224 e. The van der Waals surface area contributed by atoms with Crippen LogP contribution in [-0.2, 0) is 11.2 Å². The molecular weight excluding hydrogens is 274 g/mol. The van der Waals surface area contributed by atoms with Crippen LogP contribution in [0.4, 0.5) is 5.69 Å². The van der Waals surface area contributed by atoms with Crippen molar-refractivity contribution in [1.82, 2.24) is 0 Å². The molecule has 116 valence electrons. The molecule has 0 saturated carbocycles. The Kier molecular flexibility index (Phi) is 5.21. The van der Waals surface area contributed by atoms with Crippen LogP contribution in [0.3, 0.4) is 0 Å². The highest BCUT2D eigenvalue weighted by Crippen LogP contribution is 2.19. The fraction of sp³-hybridized carbons (Fsp3) is 0.316. The average Bonchev–Trinajstić information content (AvgIpc) is 2.46. The lowest BCUT2D eigenvalue weighted by atomic mass is 10.1. The Hall–Kier alpha value is -2.29. The number of ether oxygens (including phenoxy) is 1. The third kappa shape index (κ3) is 5.60. The lowest BCUT2D eigenvalue weighted by Gasteiger charge is -2.21. The highest BCUT2D eigenvalue weighted by molar-refractivity contribution is 5.90. The van der Waals surface area contributed by atoms with Gasteiger partial charge in [0.25, 0.3) is 0 Å². The standard InChI is InChI=1S/C19H23NO2/c1-19(2,3)22-17-12-9-15(10-13-17)11-14-18(21)20-16-7-5-4-6-8-16/h4-10,12-13H,11,14H2,1-3H3,(H,20,21). The van der Waals surface area contributed by atoms with E-state index in [2.05, 4.69) is 5.32 Å². The third-order valence-corrected chi connectivity index (χ3v) is 3.05. The van der Waals surface area contributed by atoms with Crippen LogP contribution < -0.4 is 10.1 Å². The molecule has 2 aromatic carbocycles. The van der Waals surface area contributed by atoms with Gasteiger partial charge in [-0.1, -0.05) is 30.3 Å². The Morgan fingerprint density at radius 3 is 2.23 bits per heavy atom. The largest absolute Gasteiger partial charge is 0.488 e. The number of anilines is 1. The average molecular weight is 297 g/mol. The van der Waals surface area contributed by atoms with Gasteiger partial charge in [-0.2, -0.15) is 0 Å². The maximum absolute atomic E-state index is 11.9. The number of aryl methyl sites for hydroxylation is 1. The SMILES string of the molecule is CC(C)(C)Oc1ccc(CCC(=O)Nc2ccccc2)cc1. The van der Waals surface area contributed by atoms with Gasteiger partial charge >= 0.3 is 0 Å². The number of hydrogen-bond donors (Lipinski definition) is 1. The van der Waals surface area contributed by atoms with Gasteiger partial charge in [0.1, 0.15) is 11.4 Å². The predicted octanol–water partition coefficient (Wildman–Crippen LogP) is 4.44. The van der Waals surface area contributed by atoms with Crippen LogP contribution in [0.1, 0.15) is 32.8 Å². The molecule has 2 aromatic rings. The van der Waals surface area contributed by atoms with Crippen molar-refractivity contribution >= 4 is 11.6 Å². The first-order chi connectivity index (χ1) is 10.4. The summed E-state index contributed by atoms with van der Waals surface area (Å²) in [5, 5.41) is 2.89. The van der Waals surface area contributed by atoms with Crippen molar-refractivity contribution in [2.24, 2.45) is 0 Å². The summed E-state index contributed by atoms with van der Waals surface area (Å²) in [5.74, 6) is 0.881. The molecule has 1 N–H and O–H groups in total. The van der Waals surface area contributed by atoms with Crippen molar-refractivity contribution in [2.75, 3.05) is 5.32 Å². The predicted molar refractivity (Wildman–Crippen MR) is 90.2 cm³/mol. The fourth-order valence-electron chi connectivity index (χ4n) is 2.08. The molecule has 1 amide bonds. The maximum atomic E-state index is 11.9. The molecule has 3 nitrogen and oxygen atoms in total. The number of carbonyl (C=O) groups excluding carboxylic acids is 1. The number of rotatable bonds is 5. The van der Waals surface area contributed by atoms with Crippen molar-refractivity contribution < 1.29 is 9.53 Å². The van der Waals surface area contributed by atoms with Gasteiger partial charge < -0.3 is 10.1 Å². The summed E-state index contributed by atoms with van der Waals surface area (Å²) in [6.07, 6.45) is 1.18. The number of amides is 1. The summed E-state index contributed by atoms with van der Waals surface area (Å²) in [7, 11) is 0. The Bertz CT molecular complexity index is 598. The van der Waals surface area contributed by atoms with Gasteiger partial charge in [0.2, 0.25) is 5.91 Å². The topological polar surface area (TPSA) is 38.3 Å². The van der Waals surface area contributed by atoms with Gasteiger partial charge in [-0.15, -0.1) is 0 Å². The first kappa shape index (κ1) is 16.1. The summed E-state index contributed by atoms with van der Waals surface area (Å²) < 4.78 is 5.78. The van der Waals surface area contributed by atoms with E-state index in [1.54, 1.807) is 0 Å². The van der Waals surface area contributed by atoms with Crippen LogP contribution in [0.15, 0.2) is 54.6 Å². The molecule has 0 aliphatic carbocycles. The number of hydrogen-bond acceptors (Lipinski definition) is 2. The zero-order valence-electron chi connectivity index (χ0n) is 13.4. The molecule has 2 rings (SSSR count). The Morgan fingerprint density at radius 1 is 1.00 bits per heavy atom. The van der Waals surface area contributed by atoms with E-state index in [1.165, 1.54) is 0 Å². The lowest BCUT2D eigenvalue weighted by molar-refractivity contribution is -0.116. The maximum Gasteiger partial charge on any atom is 0.224 e. The minimum atomic E-state index is -0.197. The van der Waals surface area contributed by atoms with Crippen molar-refractivity contribution in [3.63, 3.8) is 0 Å². The molecule has 0 atom stereocenters. The first-order valence-electron chi connectivity index (χ1n) is 7.55. The summed E-state index contributed by atoms with van der Waals surface area (Å²) >= 11 is 0. The zero-order chi connectivity index (χ0) is 16.0. The van der Waals surface area contributed by atoms with Gasteiger partial charge in [-0.3, -0.25) is 4.79 Å². The van der Waals surface area contributed by atoms with E-state index in [-0.39, 0.29) is 11.5 Å². The van der Waals surface area contributed by atoms with E-state index in [0.717, 1.165) is 17.0 Å².